The third kappa shape index (κ3) is 1.91. The van der Waals surface area contributed by atoms with Crippen LogP contribution in [-0.2, 0) is 9.53 Å². The molecule has 0 aromatic rings. The van der Waals surface area contributed by atoms with Gasteiger partial charge in [0.1, 0.15) is 6.61 Å². The second-order valence-corrected chi connectivity index (χ2v) is 4.05. The van der Waals surface area contributed by atoms with E-state index in [4.69, 9.17) is 4.74 Å². The molecule has 0 radical (unpaired) electrons. The van der Waals surface area contributed by atoms with Crippen molar-refractivity contribution in [3.8, 4) is 0 Å². The standard InChI is InChI=1S/C10H18N2O2/c1-2-14-7-10(13)12-5-8-3-4-11-9(8)6-12/h8-9,11H,2-7H2,1H3/t8-,9+/m0/s1. The minimum Gasteiger partial charge on any atom is -0.372 e. The third-order valence-corrected chi connectivity index (χ3v) is 3.15. The van der Waals surface area contributed by atoms with Gasteiger partial charge in [-0.15, -0.1) is 0 Å². The van der Waals surface area contributed by atoms with Crippen molar-refractivity contribution in [2.45, 2.75) is 19.4 Å². The van der Waals surface area contributed by atoms with E-state index in [1.807, 2.05) is 11.8 Å². The van der Waals surface area contributed by atoms with Gasteiger partial charge in [0, 0.05) is 25.7 Å². The highest BCUT2D eigenvalue weighted by atomic mass is 16.5. The summed E-state index contributed by atoms with van der Waals surface area (Å²) in [7, 11) is 0. The van der Waals surface area contributed by atoms with Crippen LogP contribution in [-0.4, -0.2) is 49.7 Å². The van der Waals surface area contributed by atoms with Crippen LogP contribution in [0.4, 0.5) is 0 Å². The fourth-order valence-electron chi connectivity index (χ4n) is 2.33. The lowest BCUT2D eigenvalue weighted by Gasteiger charge is -2.16. The number of carbonyl (C=O) groups excluding carboxylic acids is 1. The maximum Gasteiger partial charge on any atom is 0.248 e. The van der Waals surface area contributed by atoms with Crippen molar-refractivity contribution < 1.29 is 9.53 Å². The number of hydrogen-bond donors (Lipinski definition) is 1. The summed E-state index contributed by atoms with van der Waals surface area (Å²) in [6, 6.07) is 0.542. The summed E-state index contributed by atoms with van der Waals surface area (Å²) in [5, 5.41) is 3.42. The number of nitrogens with zero attached hydrogens (tertiary/aromatic N) is 1. The molecule has 2 atom stereocenters. The minimum atomic E-state index is 0.142. The van der Waals surface area contributed by atoms with Crippen molar-refractivity contribution in [2.75, 3.05) is 32.8 Å². The first-order valence-corrected chi connectivity index (χ1v) is 5.40. The van der Waals surface area contributed by atoms with Crippen LogP contribution in [0.1, 0.15) is 13.3 Å². The SMILES string of the molecule is CCOCC(=O)N1C[C@@H]2CCN[C@@H]2C1. The molecule has 80 valence electrons. The molecule has 0 aromatic heterocycles. The first-order chi connectivity index (χ1) is 6.81. The molecular weight excluding hydrogens is 180 g/mol. The largest absolute Gasteiger partial charge is 0.372 e. The Morgan fingerprint density at radius 3 is 3.14 bits per heavy atom. The number of likely N-dealkylation sites (tertiary alicyclic amines) is 1. The van der Waals surface area contributed by atoms with Gasteiger partial charge in [-0.1, -0.05) is 0 Å². The third-order valence-electron chi connectivity index (χ3n) is 3.15. The molecular formula is C10H18N2O2. The number of amides is 1. The average molecular weight is 198 g/mol. The topological polar surface area (TPSA) is 41.6 Å². The Bertz CT molecular complexity index is 208. The molecule has 2 aliphatic rings. The van der Waals surface area contributed by atoms with Gasteiger partial charge in [-0.2, -0.15) is 0 Å². The first-order valence-electron chi connectivity index (χ1n) is 5.40. The highest BCUT2D eigenvalue weighted by molar-refractivity contribution is 5.77. The Kier molecular flexibility index (Phi) is 3.03. The van der Waals surface area contributed by atoms with Crippen molar-refractivity contribution >= 4 is 5.91 Å². The summed E-state index contributed by atoms with van der Waals surface area (Å²) >= 11 is 0. The van der Waals surface area contributed by atoms with Gasteiger partial charge in [-0.05, 0) is 25.8 Å². The number of carbonyl (C=O) groups is 1. The van der Waals surface area contributed by atoms with Gasteiger partial charge in [0.2, 0.25) is 5.91 Å². The molecule has 1 amide bonds. The fraction of sp³-hybridized carbons (Fsp3) is 0.900. The van der Waals surface area contributed by atoms with E-state index < -0.39 is 0 Å². The molecule has 2 saturated heterocycles. The molecule has 0 unspecified atom stereocenters. The van der Waals surface area contributed by atoms with E-state index in [9.17, 15) is 4.79 Å². The van der Waals surface area contributed by atoms with E-state index in [-0.39, 0.29) is 12.5 Å². The maximum atomic E-state index is 11.6. The van der Waals surface area contributed by atoms with Crippen molar-refractivity contribution in [1.82, 2.24) is 10.2 Å². The fourth-order valence-corrected chi connectivity index (χ4v) is 2.33. The smallest absolute Gasteiger partial charge is 0.248 e. The van der Waals surface area contributed by atoms with Crippen molar-refractivity contribution in [1.29, 1.82) is 0 Å². The molecule has 0 spiro atoms. The summed E-state index contributed by atoms with van der Waals surface area (Å²) in [5.41, 5.74) is 0. The Balaban J connectivity index is 1.80. The van der Waals surface area contributed by atoms with Crippen molar-refractivity contribution in [3.05, 3.63) is 0 Å². The van der Waals surface area contributed by atoms with Crippen molar-refractivity contribution in [3.63, 3.8) is 0 Å². The minimum absolute atomic E-state index is 0.142. The average Bonchev–Trinajstić information content (AvgIpc) is 2.72. The van der Waals surface area contributed by atoms with E-state index in [1.165, 1.54) is 6.42 Å². The van der Waals surface area contributed by atoms with Gasteiger partial charge in [0.15, 0.2) is 0 Å². The summed E-state index contributed by atoms with van der Waals surface area (Å²) in [6.45, 7) is 5.68. The Hall–Kier alpha value is -0.610. The normalized spacial score (nSPS) is 30.8. The highest BCUT2D eigenvalue weighted by Crippen LogP contribution is 2.24. The van der Waals surface area contributed by atoms with Crippen LogP contribution in [0, 0.1) is 5.92 Å². The maximum absolute atomic E-state index is 11.6. The summed E-state index contributed by atoms with van der Waals surface area (Å²) < 4.78 is 5.12. The van der Waals surface area contributed by atoms with Crippen LogP contribution in [0.15, 0.2) is 0 Å². The molecule has 0 saturated carbocycles. The van der Waals surface area contributed by atoms with E-state index in [2.05, 4.69) is 5.32 Å². The van der Waals surface area contributed by atoms with Crippen molar-refractivity contribution in [2.24, 2.45) is 5.92 Å². The van der Waals surface area contributed by atoms with E-state index in [1.54, 1.807) is 0 Å². The second kappa shape index (κ2) is 4.28. The number of hydrogen-bond acceptors (Lipinski definition) is 3. The molecule has 2 fully saturated rings. The van der Waals surface area contributed by atoms with Crippen LogP contribution in [0.25, 0.3) is 0 Å². The zero-order valence-electron chi connectivity index (χ0n) is 8.66. The lowest BCUT2D eigenvalue weighted by Crippen LogP contribution is -2.36. The molecule has 2 heterocycles. The van der Waals surface area contributed by atoms with Crippen LogP contribution in [0.3, 0.4) is 0 Å². The summed E-state index contributed by atoms with van der Waals surface area (Å²) in [5.74, 6) is 0.823. The quantitative estimate of drug-likeness (QED) is 0.685. The predicted molar refractivity (Wildman–Crippen MR) is 53.0 cm³/mol. The zero-order valence-corrected chi connectivity index (χ0v) is 8.66. The molecule has 4 heteroatoms. The van der Waals surface area contributed by atoms with Crippen LogP contribution in [0.2, 0.25) is 0 Å². The van der Waals surface area contributed by atoms with Gasteiger partial charge in [0.05, 0.1) is 0 Å². The highest BCUT2D eigenvalue weighted by Gasteiger charge is 2.37. The molecule has 4 nitrogen and oxygen atoms in total. The lowest BCUT2D eigenvalue weighted by atomic mass is 10.1. The number of rotatable bonds is 3. The Morgan fingerprint density at radius 1 is 1.57 bits per heavy atom. The van der Waals surface area contributed by atoms with Crippen LogP contribution >= 0.6 is 0 Å². The molecule has 2 aliphatic heterocycles. The van der Waals surface area contributed by atoms with Gasteiger partial charge in [0.25, 0.3) is 0 Å². The Morgan fingerprint density at radius 2 is 2.43 bits per heavy atom. The first kappa shape index (κ1) is 9.93. The molecule has 0 aromatic carbocycles. The summed E-state index contributed by atoms with van der Waals surface area (Å²) in [6.07, 6.45) is 1.21. The summed E-state index contributed by atoms with van der Waals surface area (Å²) in [4.78, 5) is 13.5. The van der Waals surface area contributed by atoms with Crippen LogP contribution < -0.4 is 5.32 Å². The Labute approximate surface area is 84.6 Å². The molecule has 0 bridgehead atoms. The van der Waals surface area contributed by atoms with Gasteiger partial charge >= 0.3 is 0 Å². The van der Waals surface area contributed by atoms with Gasteiger partial charge < -0.3 is 15.0 Å². The lowest BCUT2D eigenvalue weighted by molar-refractivity contribution is -0.135. The number of ether oxygens (including phenoxy) is 1. The number of fused-ring (bicyclic) bond motifs is 1. The molecule has 2 rings (SSSR count). The molecule has 1 N–H and O–H groups in total. The van der Waals surface area contributed by atoms with Gasteiger partial charge in [-0.25, -0.2) is 0 Å². The van der Waals surface area contributed by atoms with E-state index >= 15 is 0 Å². The molecule has 0 aliphatic carbocycles. The monoisotopic (exact) mass is 198 g/mol. The van der Waals surface area contributed by atoms with Crippen LogP contribution in [0.5, 0.6) is 0 Å². The van der Waals surface area contributed by atoms with E-state index in [0.29, 0.717) is 18.6 Å². The molecule has 14 heavy (non-hydrogen) atoms. The van der Waals surface area contributed by atoms with Gasteiger partial charge in [-0.3, -0.25) is 4.79 Å². The second-order valence-electron chi connectivity index (χ2n) is 4.05. The predicted octanol–water partition coefficient (Wildman–Crippen LogP) is -0.157. The number of nitrogens with one attached hydrogen (secondary N) is 1. The zero-order chi connectivity index (χ0) is 9.97. The van der Waals surface area contributed by atoms with E-state index in [0.717, 1.165) is 19.6 Å².